The number of aromatic nitrogens is 1. The largest absolute Gasteiger partial charge is 0.397 e. The highest BCUT2D eigenvalue weighted by molar-refractivity contribution is 6.34. The molecule has 0 saturated heterocycles. The Labute approximate surface area is 103 Å². The molecule has 1 aromatic carbocycles. The number of benzene rings is 1. The van der Waals surface area contributed by atoms with Crippen molar-refractivity contribution in [1.82, 2.24) is 4.98 Å². The van der Waals surface area contributed by atoms with Crippen molar-refractivity contribution in [2.45, 2.75) is 0 Å². The molecule has 86 valence electrons. The van der Waals surface area contributed by atoms with E-state index in [1.54, 1.807) is 36.5 Å². The van der Waals surface area contributed by atoms with E-state index < -0.39 is 0 Å². The van der Waals surface area contributed by atoms with Crippen molar-refractivity contribution in [3.63, 3.8) is 0 Å². The maximum absolute atomic E-state index is 11.9. The lowest BCUT2D eigenvalue weighted by atomic mass is 10.2. The standard InChI is InChI=1S/C12H10ClN3O/c13-9-4-1-5-10(14)11(9)16-12(17)8-3-2-6-15-7-8/h1-7H,14H2,(H,16,17). The highest BCUT2D eigenvalue weighted by Crippen LogP contribution is 2.28. The number of hydrogen-bond donors (Lipinski definition) is 2. The average Bonchev–Trinajstić information content (AvgIpc) is 2.35. The predicted molar refractivity (Wildman–Crippen MR) is 68.1 cm³/mol. The average molecular weight is 248 g/mol. The van der Waals surface area contributed by atoms with Gasteiger partial charge in [-0.2, -0.15) is 0 Å². The molecular weight excluding hydrogens is 238 g/mol. The first-order valence-electron chi connectivity index (χ1n) is 4.94. The van der Waals surface area contributed by atoms with Crippen LogP contribution in [0.1, 0.15) is 10.4 Å². The number of nitrogens with zero attached hydrogens (tertiary/aromatic N) is 1. The molecule has 0 spiro atoms. The molecule has 1 aromatic heterocycles. The molecule has 0 aliphatic rings. The van der Waals surface area contributed by atoms with Gasteiger partial charge >= 0.3 is 0 Å². The normalized spacial score (nSPS) is 9.94. The van der Waals surface area contributed by atoms with Crippen LogP contribution in [0.25, 0.3) is 0 Å². The van der Waals surface area contributed by atoms with Gasteiger partial charge in [-0.3, -0.25) is 9.78 Å². The minimum Gasteiger partial charge on any atom is -0.397 e. The van der Waals surface area contributed by atoms with Crippen LogP contribution < -0.4 is 11.1 Å². The lowest BCUT2D eigenvalue weighted by molar-refractivity contribution is 0.102. The van der Waals surface area contributed by atoms with E-state index >= 15 is 0 Å². The van der Waals surface area contributed by atoms with Gasteiger partial charge in [0.05, 0.1) is 22.0 Å². The van der Waals surface area contributed by atoms with Gasteiger partial charge in [0.25, 0.3) is 5.91 Å². The van der Waals surface area contributed by atoms with Crippen LogP contribution in [0.5, 0.6) is 0 Å². The van der Waals surface area contributed by atoms with Gasteiger partial charge in [-0.05, 0) is 24.3 Å². The van der Waals surface area contributed by atoms with Crippen LogP contribution in [0.2, 0.25) is 5.02 Å². The Balaban J connectivity index is 2.25. The number of nitrogens with two attached hydrogens (primary N) is 1. The van der Waals surface area contributed by atoms with Crippen molar-refractivity contribution in [1.29, 1.82) is 0 Å². The summed E-state index contributed by atoms with van der Waals surface area (Å²) in [5.41, 5.74) is 7.03. The maximum Gasteiger partial charge on any atom is 0.257 e. The summed E-state index contributed by atoms with van der Waals surface area (Å²) in [6.45, 7) is 0. The summed E-state index contributed by atoms with van der Waals surface area (Å²) in [7, 11) is 0. The van der Waals surface area contributed by atoms with Gasteiger partial charge in [-0.25, -0.2) is 0 Å². The number of anilines is 2. The number of nitrogen functional groups attached to an aromatic ring is 1. The van der Waals surface area contributed by atoms with Crippen molar-refractivity contribution in [3.8, 4) is 0 Å². The van der Waals surface area contributed by atoms with E-state index in [-0.39, 0.29) is 5.91 Å². The fraction of sp³-hybridized carbons (Fsp3) is 0. The molecule has 0 fully saturated rings. The zero-order valence-corrected chi connectivity index (χ0v) is 9.61. The predicted octanol–water partition coefficient (Wildman–Crippen LogP) is 2.57. The van der Waals surface area contributed by atoms with Crippen molar-refractivity contribution >= 4 is 28.9 Å². The summed E-state index contributed by atoms with van der Waals surface area (Å²) >= 11 is 5.95. The second-order valence-electron chi connectivity index (χ2n) is 3.40. The van der Waals surface area contributed by atoms with E-state index in [9.17, 15) is 4.79 Å². The van der Waals surface area contributed by atoms with Crippen LogP contribution >= 0.6 is 11.6 Å². The molecule has 1 heterocycles. The van der Waals surface area contributed by atoms with Crippen molar-refractivity contribution in [2.75, 3.05) is 11.1 Å². The Hall–Kier alpha value is -2.07. The van der Waals surface area contributed by atoms with Crippen LogP contribution in [0, 0.1) is 0 Å². The Morgan fingerprint density at radius 1 is 1.29 bits per heavy atom. The zero-order chi connectivity index (χ0) is 12.3. The fourth-order valence-corrected chi connectivity index (χ4v) is 1.58. The third kappa shape index (κ3) is 2.54. The number of rotatable bonds is 2. The van der Waals surface area contributed by atoms with Gasteiger partial charge < -0.3 is 11.1 Å². The summed E-state index contributed by atoms with van der Waals surface area (Å²) in [6.07, 6.45) is 3.07. The highest BCUT2D eigenvalue weighted by atomic mass is 35.5. The number of carbonyl (C=O) groups is 1. The van der Waals surface area contributed by atoms with Gasteiger partial charge in [0.2, 0.25) is 0 Å². The molecule has 2 rings (SSSR count). The molecule has 3 N–H and O–H groups in total. The maximum atomic E-state index is 11.9. The summed E-state index contributed by atoms with van der Waals surface area (Å²) in [5.74, 6) is -0.294. The Morgan fingerprint density at radius 2 is 2.12 bits per heavy atom. The molecule has 2 aromatic rings. The van der Waals surface area contributed by atoms with E-state index in [1.807, 2.05) is 0 Å². The van der Waals surface area contributed by atoms with Crippen LogP contribution in [0.3, 0.4) is 0 Å². The fourth-order valence-electron chi connectivity index (χ4n) is 1.36. The number of pyridine rings is 1. The van der Waals surface area contributed by atoms with Crippen LogP contribution in [-0.2, 0) is 0 Å². The summed E-state index contributed by atoms with van der Waals surface area (Å²) in [6, 6.07) is 8.40. The van der Waals surface area contributed by atoms with Gasteiger partial charge in [0.15, 0.2) is 0 Å². The molecule has 0 aliphatic heterocycles. The van der Waals surface area contributed by atoms with Crippen LogP contribution in [0.4, 0.5) is 11.4 Å². The van der Waals surface area contributed by atoms with E-state index in [0.29, 0.717) is 22.0 Å². The SMILES string of the molecule is Nc1cccc(Cl)c1NC(=O)c1cccnc1. The molecule has 4 nitrogen and oxygen atoms in total. The van der Waals surface area contributed by atoms with E-state index in [4.69, 9.17) is 17.3 Å². The first kappa shape index (κ1) is 11.4. The number of hydrogen-bond acceptors (Lipinski definition) is 3. The minimum absolute atomic E-state index is 0.294. The lowest BCUT2D eigenvalue weighted by Gasteiger charge is -2.09. The Morgan fingerprint density at radius 3 is 2.76 bits per heavy atom. The van der Waals surface area contributed by atoms with Crippen molar-refractivity contribution in [3.05, 3.63) is 53.3 Å². The second-order valence-corrected chi connectivity index (χ2v) is 3.81. The minimum atomic E-state index is -0.294. The second kappa shape index (κ2) is 4.84. The molecule has 0 atom stereocenters. The molecule has 1 amide bonds. The number of halogens is 1. The van der Waals surface area contributed by atoms with Crippen molar-refractivity contribution in [2.24, 2.45) is 0 Å². The van der Waals surface area contributed by atoms with Gasteiger partial charge in [-0.15, -0.1) is 0 Å². The number of nitrogens with one attached hydrogen (secondary N) is 1. The number of amides is 1. The van der Waals surface area contributed by atoms with E-state index in [0.717, 1.165) is 0 Å². The third-order valence-electron chi connectivity index (χ3n) is 2.21. The summed E-state index contributed by atoms with van der Waals surface area (Å²) in [4.78, 5) is 15.7. The smallest absolute Gasteiger partial charge is 0.257 e. The highest BCUT2D eigenvalue weighted by Gasteiger charge is 2.10. The Kier molecular flexibility index (Phi) is 3.25. The molecule has 0 radical (unpaired) electrons. The number of carbonyl (C=O) groups excluding carboxylic acids is 1. The summed E-state index contributed by atoms with van der Waals surface area (Å²) in [5, 5.41) is 3.06. The zero-order valence-electron chi connectivity index (χ0n) is 8.85. The molecular formula is C12H10ClN3O. The first-order valence-corrected chi connectivity index (χ1v) is 5.31. The number of para-hydroxylation sites is 1. The monoisotopic (exact) mass is 247 g/mol. The first-order chi connectivity index (χ1) is 8.18. The molecule has 0 saturated carbocycles. The van der Waals surface area contributed by atoms with E-state index in [2.05, 4.69) is 10.3 Å². The Bertz CT molecular complexity index is 522. The third-order valence-corrected chi connectivity index (χ3v) is 2.52. The van der Waals surface area contributed by atoms with Gasteiger partial charge in [0, 0.05) is 12.4 Å². The van der Waals surface area contributed by atoms with E-state index in [1.165, 1.54) is 6.20 Å². The van der Waals surface area contributed by atoms with Crippen molar-refractivity contribution < 1.29 is 4.79 Å². The topological polar surface area (TPSA) is 68.0 Å². The molecule has 0 bridgehead atoms. The van der Waals surface area contributed by atoms with Gasteiger partial charge in [0.1, 0.15) is 0 Å². The molecule has 0 aliphatic carbocycles. The molecule has 17 heavy (non-hydrogen) atoms. The van der Waals surface area contributed by atoms with Crippen LogP contribution in [-0.4, -0.2) is 10.9 Å². The lowest BCUT2D eigenvalue weighted by Crippen LogP contribution is -2.13. The quantitative estimate of drug-likeness (QED) is 0.802. The van der Waals surface area contributed by atoms with Crippen LogP contribution in [0.15, 0.2) is 42.7 Å². The molecule has 0 unspecified atom stereocenters. The molecule has 5 heteroatoms. The summed E-state index contributed by atoms with van der Waals surface area (Å²) < 4.78 is 0. The van der Waals surface area contributed by atoms with Gasteiger partial charge in [-0.1, -0.05) is 17.7 Å².